The molecule has 5 aliphatic carbocycles. The summed E-state index contributed by atoms with van der Waals surface area (Å²) in [6.45, 7) is 19.3. The lowest BCUT2D eigenvalue weighted by molar-refractivity contribution is -0.178. The highest BCUT2D eigenvalue weighted by atomic mass is 16.5. The third-order valence-electron chi connectivity index (χ3n) is 13.4. The van der Waals surface area contributed by atoms with Crippen LogP contribution in [0.25, 0.3) is 0 Å². The zero-order chi connectivity index (χ0) is 26.3. The molecule has 0 radical (unpaired) electrons. The first-order valence-corrected chi connectivity index (χ1v) is 15.1. The van der Waals surface area contributed by atoms with Gasteiger partial charge in [-0.25, -0.2) is 0 Å². The molecule has 3 heteroatoms. The summed E-state index contributed by atoms with van der Waals surface area (Å²) in [6.07, 6.45) is 15.7. The lowest BCUT2D eigenvalue weighted by Gasteiger charge is -2.64. The van der Waals surface area contributed by atoms with Crippen LogP contribution in [0.1, 0.15) is 120 Å². The van der Waals surface area contributed by atoms with Crippen molar-refractivity contribution >= 4 is 5.97 Å². The number of fused-ring (bicyclic) bond motifs is 6. The fourth-order valence-electron chi connectivity index (χ4n) is 11.7. The highest BCUT2D eigenvalue weighted by Crippen LogP contribution is 2.70. The first-order valence-electron chi connectivity index (χ1n) is 15.1. The SMILES string of the molecule is CO[C@H]1CC[C@]2(C)[C@@H]3CC[C@@H]4C(=CC[C@@H]5C(C)(C)[C@@H](OC(C)=O)CC[C@@]45C)C[C@]3(C)CC[C@H]2C1(C)C. The summed E-state index contributed by atoms with van der Waals surface area (Å²) in [7, 11) is 1.93. The van der Waals surface area contributed by atoms with E-state index in [9.17, 15) is 4.79 Å². The second kappa shape index (κ2) is 8.59. The molecule has 36 heavy (non-hydrogen) atoms. The number of methoxy groups -OCH3 is 1. The quantitative estimate of drug-likeness (QED) is 0.283. The number of esters is 1. The van der Waals surface area contributed by atoms with Gasteiger partial charge in [-0.1, -0.05) is 60.1 Å². The lowest BCUT2D eigenvalue weighted by Crippen LogP contribution is -2.58. The monoisotopic (exact) mass is 498 g/mol. The van der Waals surface area contributed by atoms with Gasteiger partial charge in [0.15, 0.2) is 0 Å². The lowest BCUT2D eigenvalue weighted by atomic mass is 9.42. The number of allylic oxidation sites excluding steroid dienone is 2. The van der Waals surface area contributed by atoms with E-state index in [0.29, 0.717) is 34.2 Å². The minimum atomic E-state index is -0.121. The minimum absolute atomic E-state index is 0.0172. The van der Waals surface area contributed by atoms with E-state index in [-0.39, 0.29) is 22.9 Å². The number of rotatable bonds is 2. The minimum Gasteiger partial charge on any atom is -0.462 e. The molecular formula is C33H54O3. The Morgan fingerprint density at radius 2 is 1.42 bits per heavy atom. The van der Waals surface area contributed by atoms with Crippen LogP contribution in [-0.4, -0.2) is 25.3 Å². The van der Waals surface area contributed by atoms with E-state index in [4.69, 9.17) is 9.47 Å². The zero-order valence-electron chi connectivity index (χ0n) is 24.8. The molecule has 4 saturated carbocycles. The number of hydrogen-bond acceptors (Lipinski definition) is 3. The molecule has 3 nitrogen and oxygen atoms in total. The van der Waals surface area contributed by atoms with Crippen molar-refractivity contribution in [3.05, 3.63) is 11.6 Å². The van der Waals surface area contributed by atoms with E-state index >= 15 is 0 Å². The standard InChI is InChI=1S/C33H54O3/c1-21(34)36-28-16-18-32(7)23-11-13-26-31(6,20-22(23)10-12-24(32)30(28,4)5)17-14-25-29(2,3)27(35-9)15-19-33(25,26)8/h10,23-28H,11-20H2,1-9H3/t23-,24-,25+,26-,27+,28+,31+,32+,33+/m1/s1. The smallest absolute Gasteiger partial charge is 0.302 e. The Bertz CT molecular complexity index is 916. The van der Waals surface area contributed by atoms with Crippen molar-refractivity contribution in [2.45, 2.75) is 132 Å². The molecule has 204 valence electrons. The van der Waals surface area contributed by atoms with Crippen LogP contribution < -0.4 is 0 Å². The summed E-state index contributed by atoms with van der Waals surface area (Å²) < 4.78 is 11.9. The topological polar surface area (TPSA) is 35.5 Å². The molecule has 0 aromatic rings. The Balaban J connectivity index is 1.46. The Morgan fingerprint density at radius 3 is 2.08 bits per heavy atom. The number of carbonyl (C=O) groups is 1. The van der Waals surface area contributed by atoms with Crippen molar-refractivity contribution in [3.63, 3.8) is 0 Å². The predicted molar refractivity (Wildman–Crippen MR) is 146 cm³/mol. The third-order valence-corrected chi connectivity index (χ3v) is 13.4. The van der Waals surface area contributed by atoms with E-state index in [0.717, 1.165) is 24.7 Å². The van der Waals surface area contributed by atoms with Gasteiger partial charge in [0.2, 0.25) is 0 Å². The molecule has 0 unspecified atom stereocenters. The summed E-state index contributed by atoms with van der Waals surface area (Å²) in [5, 5.41) is 0. The molecule has 5 aliphatic rings. The second-order valence-corrected chi connectivity index (χ2v) is 15.7. The molecule has 0 amide bonds. The van der Waals surface area contributed by atoms with Crippen LogP contribution in [0.4, 0.5) is 0 Å². The molecule has 0 saturated heterocycles. The van der Waals surface area contributed by atoms with Gasteiger partial charge in [0.25, 0.3) is 0 Å². The zero-order valence-corrected chi connectivity index (χ0v) is 24.8. The fraction of sp³-hybridized carbons (Fsp3) is 0.909. The maximum absolute atomic E-state index is 11.9. The largest absolute Gasteiger partial charge is 0.462 e. The van der Waals surface area contributed by atoms with E-state index in [1.807, 2.05) is 7.11 Å². The molecular weight excluding hydrogens is 444 g/mol. The average molecular weight is 499 g/mol. The van der Waals surface area contributed by atoms with Gasteiger partial charge in [-0.3, -0.25) is 4.79 Å². The molecule has 0 N–H and O–H groups in total. The molecule has 0 aromatic carbocycles. The maximum Gasteiger partial charge on any atom is 0.302 e. The number of carbonyl (C=O) groups excluding carboxylic acids is 1. The number of hydrogen-bond donors (Lipinski definition) is 0. The van der Waals surface area contributed by atoms with E-state index in [2.05, 4.69) is 54.5 Å². The molecule has 0 aliphatic heterocycles. The Kier molecular flexibility index (Phi) is 6.38. The summed E-state index contributed by atoms with van der Waals surface area (Å²) >= 11 is 0. The highest BCUT2D eigenvalue weighted by Gasteiger charge is 2.63. The van der Waals surface area contributed by atoms with Crippen LogP contribution in [0.3, 0.4) is 0 Å². The van der Waals surface area contributed by atoms with Crippen LogP contribution >= 0.6 is 0 Å². The fourth-order valence-corrected chi connectivity index (χ4v) is 11.7. The summed E-state index contributed by atoms with van der Waals surface area (Å²) in [4.78, 5) is 11.9. The molecule has 9 atom stereocenters. The summed E-state index contributed by atoms with van der Waals surface area (Å²) in [5.41, 5.74) is 3.18. The molecule has 0 aromatic heterocycles. The maximum atomic E-state index is 11.9. The van der Waals surface area contributed by atoms with Crippen LogP contribution in [0.5, 0.6) is 0 Å². The molecule has 4 fully saturated rings. The summed E-state index contributed by atoms with van der Waals surface area (Å²) in [5.74, 6) is 2.67. The van der Waals surface area contributed by atoms with Crippen molar-refractivity contribution in [1.29, 1.82) is 0 Å². The third kappa shape index (κ3) is 3.71. The Labute approximate surface area is 221 Å². The number of ether oxygens (including phenoxy) is 2. The summed E-state index contributed by atoms with van der Waals surface area (Å²) in [6, 6.07) is 0. The van der Waals surface area contributed by atoms with Crippen molar-refractivity contribution < 1.29 is 14.3 Å². The molecule has 0 spiro atoms. The van der Waals surface area contributed by atoms with Gasteiger partial charge in [-0.15, -0.1) is 0 Å². The first kappa shape index (κ1) is 26.8. The Morgan fingerprint density at radius 1 is 0.778 bits per heavy atom. The van der Waals surface area contributed by atoms with Crippen molar-refractivity contribution in [2.75, 3.05) is 7.11 Å². The molecule has 0 bridgehead atoms. The second-order valence-electron chi connectivity index (χ2n) is 15.7. The van der Waals surface area contributed by atoms with E-state index < -0.39 is 0 Å². The van der Waals surface area contributed by atoms with E-state index in [1.54, 1.807) is 12.5 Å². The van der Waals surface area contributed by atoms with Gasteiger partial charge >= 0.3 is 5.97 Å². The van der Waals surface area contributed by atoms with Gasteiger partial charge in [0, 0.05) is 19.4 Å². The first-order chi connectivity index (χ1) is 16.7. The van der Waals surface area contributed by atoms with Gasteiger partial charge in [-0.05, 0) is 110 Å². The molecule has 0 heterocycles. The molecule has 5 rings (SSSR count). The average Bonchev–Trinajstić information content (AvgIpc) is 2.92. The van der Waals surface area contributed by atoms with Gasteiger partial charge in [0.1, 0.15) is 6.10 Å². The van der Waals surface area contributed by atoms with Crippen molar-refractivity contribution in [2.24, 2.45) is 50.7 Å². The van der Waals surface area contributed by atoms with Gasteiger partial charge in [0.05, 0.1) is 6.10 Å². The van der Waals surface area contributed by atoms with E-state index in [1.165, 1.54) is 51.4 Å². The van der Waals surface area contributed by atoms with Crippen molar-refractivity contribution in [1.82, 2.24) is 0 Å². The van der Waals surface area contributed by atoms with Crippen LogP contribution in [-0.2, 0) is 14.3 Å². The predicted octanol–water partition coefficient (Wildman–Crippen LogP) is 8.36. The van der Waals surface area contributed by atoms with Gasteiger partial charge < -0.3 is 9.47 Å². The normalized spacial score (nSPS) is 49.3. The van der Waals surface area contributed by atoms with Crippen molar-refractivity contribution in [3.8, 4) is 0 Å². The highest BCUT2D eigenvalue weighted by molar-refractivity contribution is 5.66. The van der Waals surface area contributed by atoms with Crippen LogP contribution in [0.2, 0.25) is 0 Å². The van der Waals surface area contributed by atoms with Crippen LogP contribution in [0.15, 0.2) is 11.6 Å². The van der Waals surface area contributed by atoms with Gasteiger partial charge in [-0.2, -0.15) is 0 Å². The van der Waals surface area contributed by atoms with Crippen LogP contribution in [0, 0.1) is 50.7 Å². The Hall–Kier alpha value is -0.830.